The summed E-state index contributed by atoms with van der Waals surface area (Å²) in [6.07, 6.45) is -43.4. The third-order valence-electron chi connectivity index (χ3n) is 3.93. The molecule has 0 aliphatic rings. The van der Waals surface area contributed by atoms with Crippen molar-refractivity contribution in [3.63, 3.8) is 0 Å². The second-order valence-electron chi connectivity index (χ2n) is 6.76. The fourth-order valence-electron chi connectivity index (χ4n) is 2.29. The average molecular weight is 564 g/mol. The van der Waals surface area contributed by atoms with Crippen LogP contribution in [0, 0.1) is 0 Å². The quantitative estimate of drug-likeness (QED) is 0.279. The first-order valence-electron chi connectivity index (χ1n) is 8.46. The number of rotatable bonds is 8. The molecule has 210 valence electrons. The maximum atomic E-state index is 14.4. The second kappa shape index (κ2) is 9.97. The number of aliphatic hydroxyl groups is 1. The zero-order valence-corrected chi connectivity index (χ0v) is 16.8. The lowest BCUT2D eigenvalue weighted by atomic mass is 9.79. The highest BCUT2D eigenvalue weighted by atomic mass is 19.4. The van der Waals surface area contributed by atoms with E-state index in [-0.39, 0.29) is 6.92 Å². The molecule has 0 bridgehead atoms. The molecule has 0 aromatic heterocycles. The largest absolute Gasteiger partial charge is 0.483 e. The summed E-state index contributed by atoms with van der Waals surface area (Å²) < 4.78 is 233. The SMILES string of the molecule is CC(CO)OCC(C)OC(=C(C(F)(C(F)(F)F)C(F)(F)F)C(F)(C(F)(F)F)C(F)(F)F)C(F)(F)F. The Balaban J connectivity index is 7.88. The van der Waals surface area contributed by atoms with Gasteiger partial charge in [-0.1, -0.05) is 0 Å². The van der Waals surface area contributed by atoms with Crippen molar-refractivity contribution in [2.24, 2.45) is 0 Å². The van der Waals surface area contributed by atoms with Gasteiger partial charge in [0.05, 0.1) is 24.9 Å². The molecule has 0 aliphatic heterocycles. The number of hydrogen-bond acceptors (Lipinski definition) is 3. The van der Waals surface area contributed by atoms with Crippen LogP contribution in [0.1, 0.15) is 13.8 Å². The Morgan fingerprint density at radius 3 is 1.14 bits per heavy atom. The van der Waals surface area contributed by atoms with E-state index >= 15 is 0 Å². The van der Waals surface area contributed by atoms with Crippen LogP contribution in [0.25, 0.3) is 0 Å². The van der Waals surface area contributed by atoms with Crippen LogP contribution in [0.5, 0.6) is 0 Å². The van der Waals surface area contributed by atoms with Crippen LogP contribution in [-0.4, -0.2) is 72.7 Å². The van der Waals surface area contributed by atoms with Crippen molar-refractivity contribution in [2.75, 3.05) is 13.2 Å². The Bertz CT molecular complexity index is 672. The van der Waals surface area contributed by atoms with E-state index in [1.165, 1.54) is 0 Å². The number of alkyl halides is 17. The van der Waals surface area contributed by atoms with Crippen LogP contribution in [-0.2, 0) is 9.47 Å². The molecule has 0 aromatic carbocycles. The van der Waals surface area contributed by atoms with Gasteiger partial charge in [-0.25, -0.2) is 8.78 Å². The monoisotopic (exact) mass is 564 g/mol. The van der Waals surface area contributed by atoms with Crippen molar-refractivity contribution in [3.8, 4) is 0 Å². The normalized spacial score (nSPS) is 16.7. The van der Waals surface area contributed by atoms with Gasteiger partial charge < -0.3 is 14.6 Å². The van der Waals surface area contributed by atoms with Crippen molar-refractivity contribution >= 4 is 0 Å². The van der Waals surface area contributed by atoms with Gasteiger partial charge >= 0.3 is 42.2 Å². The molecule has 0 saturated heterocycles. The lowest BCUT2D eigenvalue weighted by molar-refractivity contribution is -0.366. The molecule has 0 amide bonds. The second-order valence-corrected chi connectivity index (χ2v) is 6.76. The zero-order chi connectivity index (χ0) is 28.6. The highest BCUT2D eigenvalue weighted by Crippen LogP contribution is 2.63. The smallest absolute Gasteiger partial charge is 0.449 e. The third-order valence-corrected chi connectivity index (χ3v) is 3.93. The summed E-state index contributed by atoms with van der Waals surface area (Å²) in [5.41, 5.74) is -22.0. The van der Waals surface area contributed by atoms with Gasteiger partial charge in [-0.2, -0.15) is 65.9 Å². The van der Waals surface area contributed by atoms with Crippen LogP contribution < -0.4 is 0 Å². The molecule has 0 saturated carbocycles. The van der Waals surface area contributed by atoms with E-state index in [9.17, 15) is 74.6 Å². The standard InChI is InChI=1S/C15H13F17O3/c1-5(3-33)34-4-6(2)35-8(11(18,19)20)7(9(16,12(21,22)23)13(24,25)26)10(17,14(27,28)29)15(30,31)32/h5-6,33H,3-4H2,1-2H3. The van der Waals surface area contributed by atoms with Crippen molar-refractivity contribution in [1.29, 1.82) is 0 Å². The van der Waals surface area contributed by atoms with Crippen molar-refractivity contribution in [2.45, 2.75) is 68.3 Å². The topological polar surface area (TPSA) is 38.7 Å². The molecule has 3 nitrogen and oxygen atoms in total. The molecular weight excluding hydrogens is 551 g/mol. The predicted octanol–water partition coefficient (Wildman–Crippen LogP) is 6.27. The molecule has 0 aliphatic carbocycles. The number of ether oxygens (including phenoxy) is 2. The van der Waals surface area contributed by atoms with Crippen molar-refractivity contribution in [3.05, 3.63) is 11.3 Å². The highest BCUT2D eigenvalue weighted by molar-refractivity contribution is 5.40. The molecule has 0 rings (SSSR count). The molecule has 1 N–H and O–H groups in total. The van der Waals surface area contributed by atoms with Gasteiger partial charge in [0.25, 0.3) is 0 Å². The summed E-state index contributed by atoms with van der Waals surface area (Å²) in [7, 11) is 0. The van der Waals surface area contributed by atoms with Crippen molar-refractivity contribution < 1.29 is 89.2 Å². The Kier molecular flexibility index (Phi) is 9.47. The van der Waals surface area contributed by atoms with E-state index in [2.05, 4.69) is 9.47 Å². The van der Waals surface area contributed by atoms with Gasteiger partial charge in [-0.3, -0.25) is 0 Å². The summed E-state index contributed by atoms with van der Waals surface area (Å²) >= 11 is 0. The van der Waals surface area contributed by atoms with E-state index in [0.717, 1.165) is 6.92 Å². The first kappa shape index (κ1) is 33.3. The average Bonchev–Trinajstić information content (AvgIpc) is 2.60. The summed E-state index contributed by atoms with van der Waals surface area (Å²) in [6.45, 7) is -1.18. The lowest BCUT2D eigenvalue weighted by Gasteiger charge is -2.41. The van der Waals surface area contributed by atoms with E-state index < -0.39 is 79.0 Å². The molecule has 0 heterocycles. The van der Waals surface area contributed by atoms with E-state index in [4.69, 9.17) is 5.11 Å². The van der Waals surface area contributed by atoms with Crippen LogP contribution in [0.15, 0.2) is 11.3 Å². The minimum atomic E-state index is -8.22. The highest BCUT2D eigenvalue weighted by Gasteiger charge is 2.88. The Morgan fingerprint density at radius 2 is 0.914 bits per heavy atom. The van der Waals surface area contributed by atoms with Gasteiger partial charge in [-0.05, 0) is 13.8 Å². The van der Waals surface area contributed by atoms with E-state index in [0.29, 0.717) is 0 Å². The Labute approximate surface area is 183 Å². The summed E-state index contributed by atoms with van der Waals surface area (Å²) in [5.74, 6) is -4.54. The van der Waals surface area contributed by atoms with Gasteiger partial charge in [0, 0.05) is 0 Å². The summed E-state index contributed by atoms with van der Waals surface area (Å²) in [6, 6.07) is 0. The number of aliphatic hydroxyl groups excluding tert-OH is 1. The summed E-state index contributed by atoms with van der Waals surface area (Å²) in [4.78, 5) is 0. The summed E-state index contributed by atoms with van der Waals surface area (Å²) in [5, 5.41) is 8.66. The molecule has 0 aromatic rings. The number of allylic oxidation sites excluding steroid dienone is 2. The zero-order valence-electron chi connectivity index (χ0n) is 16.8. The maximum Gasteiger partial charge on any atom is 0.449 e. The van der Waals surface area contributed by atoms with Gasteiger partial charge in [0.15, 0.2) is 0 Å². The molecule has 2 atom stereocenters. The first-order chi connectivity index (χ1) is 15.1. The van der Waals surface area contributed by atoms with Crippen molar-refractivity contribution in [1.82, 2.24) is 0 Å². The number of hydrogen-bond donors (Lipinski definition) is 1. The van der Waals surface area contributed by atoms with Gasteiger partial charge in [0.1, 0.15) is 6.10 Å². The lowest BCUT2D eigenvalue weighted by Crippen LogP contribution is -2.66. The molecule has 2 unspecified atom stereocenters. The van der Waals surface area contributed by atoms with Crippen LogP contribution in [0.4, 0.5) is 74.6 Å². The fraction of sp³-hybridized carbons (Fsp3) is 0.867. The van der Waals surface area contributed by atoms with E-state index in [1.807, 2.05) is 0 Å². The van der Waals surface area contributed by atoms with Crippen LogP contribution in [0.2, 0.25) is 0 Å². The van der Waals surface area contributed by atoms with Crippen LogP contribution in [0.3, 0.4) is 0 Å². The molecule has 35 heavy (non-hydrogen) atoms. The van der Waals surface area contributed by atoms with Gasteiger partial charge in [-0.15, -0.1) is 0 Å². The Morgan fingerprint density at radius 1 is 0.600 bits per heavy atom. The minimum Gasteiger partial charge on any atom is -0.483 e. The molecule has 0 fully saturated rings. The fourth-order valence-corrected chi connectivity index (χ4v) is 2.29. The molecule has 0 spiro atoms. The number of halogens is 17. The van der Waals surface area contributed by atoms with E-state index in [1.54, 1.807) is 0 Å². The van der Waals surface area contributed by atoms with Crippen LogP contribution >= 0.6 is 0 Å². The predicted molar refractivity (Wildman–Crippen MR) is 78.0 cm³/mol. The minimum absolute atomic E-state index is 0.218. The first-order valence-corrected chi connectivity index (χ1v) is 8.46. The molecule has 0 radical (unpaired) electrons. The third kappa shape index (κ3) is 6.53. The molecular formula is C15H13F17O3. The maximum absolute atomic E-state index is 14.4. The van der Waals surface area contributed by atoms with Gasteiger partial charge in [0.2, 0.25) is 5.76 Å². The molecule has 20 heteroatoms. The Hall–Kier alpha value is -1.73.